The first kappa shape index (κ1) is 18.0. The molecule has 0 unspecified atom stereocenters. The quantitative estimate of drug-likeness (QED) is 0.786. The third kappa shape index (κ3) is 5.58. The Morgan fingerprint density at radius 3 is 2.16 bits per heavy atom. The molecule has 0 bridgehead atoms. The molecule has 3 rings (SSSR count). The molecule has 1 aliphatic heterocycles. The highest BCUT2D eigenvalue weighted by molar-refractivity contribution is 5.33. The number of para-hydroxylation sites is 1. The molecule has 0 radical (unpaired) electrons. The summed E-state index contributed by atoms with van der Waals surface area (Å²) in [5.41, 5.74) is 2.71. The Kier molecular flexibility index (Phi) is 6.48. The summed E-state index contributed by atoms with van der Waals surface area (Å²) in [4.78, 5) is 5.14. The molecule has 0 saturated carbocycles. The third-order valence-corrected chi connectivity index (χ3v) is 4.66. The number of hydrogen-bond donors (Lipinski definition) is 0. The van der Waals surface area contributed by atoms with E-state index < -0.39 is 0 Å². The third-order valence-electron chi connectivity index (χ3n) is 4.66. The first-order chi connectivity index (χ1) is 12.2. The molecule has 2 aromatic rings. The van der Waals surface area contributed by atoms with Crippen LogP contribution in [-0.4, -0.2) is 42.1 Å². The van der Waals surface area contributed by atoms with E-state index in [0.717, 1.165) is 38.5 Å². The Balaban J connectivity index is 1.57. The van der Waals surface area contributed by atoms with Crippen molar-refractivity contribution in [2.24, 2.45) is 0 Å². The fraction of sp³-hybridized carbons (Fsp3) is 0.455. The fourth-order valence-corrected chi connectivity index (χ4v) is 3.43. The summed E-state index contributed by atoms with van der Waals surface area (Å²) >= 11 is 0. The van der Waals surface area contributed by atoms with Gasteiger partial charge in [0.1, 0.15) is 5.75 Å². The van der Waals surface area contributed by atoms with E-state index in [1.807, 2.05) is 0 Å². The van der Waals surface area contributed by atoms with Crippen LogP contribution in [0.3, 0.4) is 0 Å². The van der Waals surface area contributed by atoms with Crippen LogP contribution in [0.5, 0.6) is 5.75 Å². The molecule has 0 aromatic heterocycles. The van der Waals surface area contributed by atoms with Crippen molar-refractivity contribution in [3.8, 4) is 5.75 Å². The molecule has 1 saturated heterocycles. The first-order valence-electron chi connectivity index (χ1n) is 9.44. The molecule has 0 N–H and O–H groups in total. The molecular weight excluding hydrogens is 308 g/mol. The zero-order valence-corrected chi connectivity index (χ0v) is 15.5. The molecule has 0 spiro atoms. The average Bonchev–Trinajstić information content (AvgIpc) is 2.82. The molecule has 1 heterocycles. The zero-order valence-electron chi connectivity index (χ0n) is 15.5. The van der Waals surface area contributed by atoms with E-state index in [-0.39, 0.29) is 6.10 Å². The van der Waals surface area contributed by atoms with Gasteiger partial charge in [-0.15, -0.1) is 0 Å². The van der Waals surface area contributed by atoms with Crippen molar-refractivity contribution in [2.45, 2.75) is 39.5 Å². The molecule has 1 fully saturated rings. The number of benzene rings is 2. The predicted octanol–water partition coefficient (Wildman–Crippen LogP) is 4.18. The minimum absolute atomic E-state index is 0.214. The largest absolute Gasteiger partial charge is 0.491 e. The van der Waals surface area contributed by atoms with Gasteiger partial charge in [-0.1, -0.05) is 48.5 Å². The Bertz CT molecular complexity index is 641. The lowest BCUT2D eigenvalue weighted by molar-refractivity contribution is 0.224. The van der Waals surface area contributed by atoms with Gasteiger partial charge in [-0.3, -0.25) is 9.80 Å². The minimum Gasteiger partial charge on any atom is -0.491 e. The predicted molar refractivity (Wildman–Crippen MR) is 104 cm³/mol. The molecule has 25 heavy (non-hydrogen) atoms. The molecule has 134 valence electrons. The second-order valence-corrected chi connectivity index (χ2v) is 7.17. The number of hydrogen-bond acceptors (Lipinski definition) is 3. The topological polar surface area (TPSA) is 15.7 Å². The van der Waals surface area contributed by atoms with Crippen molar-refractivity contribution in [1.29, 1.82) is 0 Å². The van der Waals surface area contributed by atoms with Crippen molar-refractivity contribution in [2.75, 3.05) is 26.2 Å². The van der Waals surface area contributed by atoms with Crippen molar-refractivity contribution in [3.05, 3.63) is 65.7 Å². The van der Waals surface area contributed by atoms with Gasteiger partial charge in [-0.2, -0.15) is 0 Å². The minimum atomic E-state index is 0.214. The molecule has 3 nitrogen and oxygen atoms in total. The molecule has 3 heteroatoms. The van der Waals surface area contributed by atoms with Gasteiger partial charge in [-0.25, -0.2) is 0 Å². The Hall–Kier alpha value is -1.84. The summed E-state index contributed by atoms with van der Waals surface area (Å²) in [5.74, 6) is 1.03. The lowest BCUT2D eigenvalue weighted by atomic mass is 10.2. The van der Waals surface area contributed by atoms with Gasteiger partial charge in [0.2, 0.25) is 0 Å². The van der Waals surface area contributed by atoms with E-state index in [0.29, 0.717) is 0 Å². The van der Waals surface area contributed by atoms with Crippen LogP contribution in [0.15, 0.2) is 54.6 Å². The normalized spacial score (nSPS) is 16.8. The highest BCUT2D eigenvalue weighted by Crippen LogP contribution is 2.22. The van der Waals surface area contributed by atoms with Crippen molar-refractivity contribution in [3.63, 3.8) is 0 Å². The van der Waals surface area contributed by atoms with Gasteiger partial charge in [-0.05, 0) is 45.0 Å². The Morgan fingerprint density at radius 1 is 0.800 bits per heavy atom. The summed E-state index contributed by atoms with van der Waals surface area (Å²) in [7, 11) is 0. The molecule has 0 amide bonds. The summed E-state index contributed by atoms with van der Waals surface area (Å²) in [6, 6.07) is 19.3. The highest BCUT2D eigenvalue weighted by atomic mass is 16.5. The maximum Gasteiger partial charge on any atom is 0.124 e. The van der Waals surface area contributed by atoms with Crippen LogP contribution in [0.4, 0.5) is 0 Å². The number of nitrogens with zero attached hydrogens (tertiary/aromatic N) is 2. The average molecular weight is 338 g/mol. The van der Waals surface area contributed by atoms with E-state index in [4.69, 9.17) is 4.74 Å². The maximum atomic E-state index is 5.98. The maximum absolute atomic E-state index is 5.98. The van der Waals surface area contributed by atoms with Crippen LogP contribution < -0.4 is 4.74 Å². The SMILES string of the molecule is CC(C)Oc1ccccc1CN1CCCN(Cc2ccccc2)CC1. The van der Waals surface area contributed by atoms with E-state index in [9.17, 15) is 0 Å². The summed E-state index contributed by atoms with van der Waals surface area (Å²) in [5, 5.41) is 0. The van der Waals surface area contributed by atoms with Crippen LogP contribution in [0.2, 0.25) is 0 Å². The van der Waals surface area contributed by atoms with E-state index in [1.54, 1.807) is 0 Å². The highest BCUT2D eigenvalue weighted by Gasteiger charge is 2.16. The Morgan fingerprint density at radius 2 is 1.44 bits per heavy atom. The van der Waals surface area contributed by atoms with Gasteiger partial charge in [0, 0.05) is 31.7 Å². The van der Waals surface area contributed by atoms with Crippen molar-refractivity contribution < 1.29 is 4.74 Å². The fourth-order valence-electron chi connectivity index (χ4n) is 3.43. The van der Waals surface area contributed by atoms with E-state index >= 15 is 0 Å². The number of rotatable bonds is 6. The van der Waals surface area contributed by atoms with Crippen LogP contribution in [0.1, 0.15) is 31.4 Å². The molecule has 2 aromatic carbocycles. The zero-order chi connectivity index (χ0) is 17.5. The smallest absolute Gasteiger partial charge is 0.124 e. The van der Waals surface area contributed by atoms with Crippen LogP contribution in [-0.2, 0) is 13.1 Å². The first-order valence-corrected chi connectivity index (χ1v) is 9.44. The summed E-state index contributed by atoms with van der Waals surface area (Å²) in [6.45, 7) is 10.8. The van der Waals surface area contributed by atoms with Crippen molar-refractivity contribution >= 4 is 0 Å². The standard InChI is InChI=1S/C22H30N2O/c1-19(2)25-22-12-7-6-11-21(22)18-24-14-8-13-23(15-16-24)17-20-9-4-3-5-10-20/h3-7,9-12,19H,8,13-18H2,1-2H3. The van der Waals surface area contributed by atoms with Crippen LogP contribution in [0, 0.1) is 0 Å². The lowest BCUT2D eigenvalue weighted by Gasteiger charge is -2.23. The van der Waals surface area contributed by atoms with Crippen LogP contribution in [0.25, 0.3) is 0 Å². The molecular formula is C22H30N2O. The second-order valence-electron chi connectivity index (χ2n) is 7.17. The summed E-state index contributed by atoms with van der Waals surface area (Å²) < 4.78 is 5.98. The molecule has 0 aliphatic carbocycles. The number of ether oxygens (including phenoxy) is 1. The summed E-state index contributed by atoms with van der Waals surface area (Å²) in [6.07, 6.45) is 1.44. The monoisotopic (exact) mass is 338 g/mol. The van der Waals surface area contributed by atoms with Crippen LogP contribution >= 0.6 is 0 Å². The van der Waals surface area contributed by atoms with Gasteiger partial charge < -0.3 is 4.74 Å². The molecule has 1 aliphatic rings. The van der Waals surface area contributed by atoms with E-state index in [2.05, 4.69) is 78.2 Å². The lowest BCUT2D eigenvalue weighted by Crippen LogP contribution is -2.30. The van der Waals surface area contributed by atoms with Gasteiger partial charge in [0.25, 0.3) is 0 Å². The van der Waals surface area contributed by atoms with Gasteiger partial charge in [0.05, 0.1) is 6.10 Å². The van der Waals surface area contributed by atoms with Gasteiger partial charge >= 0.3 is 0 Å². The second kappa shape index (κ2) is 9.02. The van der Waals surface area contributed by atoms with E-state index in [1.165, 1.54) is 24.1 Å². The van der Waals surface area contributed by atoms with Crippen molar-refractivity contribution in [1.82, 2.24) is 9.80 Å². The van der Waals surface area contributed by atoms with Gasteiger partial charge in [0.15, 0.2) is 0 Å². The Labute approximate surface area is 152 Å². The molecule has 0 atom stereocenters.